The fourth-order valence-corrected chi connectivity index (χ4v) is 1.26. The van der Waals surface area contributed by atoms with E-state index in [0.29, 0.717) is 11.4 Å². The van der Waals surface area contributed by atoms with Gasteiger partial charge in [0.15, 0.2) is 0 Å². The summed E-state index contributed by atoms with van der Waals surface area (Å²) in [5, 5.41) is 17.6. The number of phenols is 2. The van der Waals surface area contributed by atoms with Crippen LogP contribution in [0.1, 0.15) is 20.3 Å². The van der Waals surface area contributed by atoms with Gasteiger partial charge >= 0.3 is 0 Å². The molecule has 0 aliphatic rings. The molecular formula is C17H26N2O3. The number of aromatic hydroxyl groups is 2. The second-order valence-electron chi connectivity index (χ2n) is 4.31. The first-order chi connectivity index (χ1) is 10.5. The van der Waals surface area contributed by atoms with E-state index in [1.807, 2.05) is 6.92 Å². The van der Waals surface area contributed by atoms with E-state index in [2.05, 4.69) is 6.92 Å². The zero-order valence-electron chi connectivity index (χ0n) is 13.2. The normalized spacial score (nSPS) is 9.00. The van der Waals surface area contributed by atoms with Crippen LogP contribution in [-0.2, 0) is 4.74 Å². The third kappa shape index (κ3) is 9.50. The van der Waals surface area contributed by atoms with Crippen LogP contribution in [0, 0.1) is 0 Å². The Labute approximate surface area is 132 Å². The molecule has 0 radical (unpaired) electrons. The quantitative estimate of drug-likeness (QED) is 0.395. The summed E-state index contributed by atoms with van der Waals surface area (Å²) in [5.74, 6) is 0.292. The number of rotatable bonds is 3. The Morgan fingerprint density at radius 2 is 1.23 bits per heavy atom. The third-order valence-electron chi connectivity index (χ3n) is 2.43. The zero-order valence-corrected chi connectivity index (χ0v) is 13.2. The Morgan fingerprint density at radius 3 is 1.41 bits per heavy atom. The van der Waals surface area contributed by atoms with Gasteiger partial charge in [0, 0.05) is 13.2 Å². The van der Waals surface area contributed by atoms with Crippen LogP contribution in [0.5, 0.6) is 11.5 Å². The number of benzene rings is 2. The van der Waals surface area contributed by atoms with Gasteiger partial charge in [0.05, 0.1) is 11.4 Å². The summed E-state index contributed by atoms with van der Waals surface area (Å²) in [6.45, 7) is 5.88. The van der Waals surface area contributed by atoms with Gasteiger partial charge in [-0.25, -0.2) is 0 Å². The predicted octanol–water partition coefficient (Wildman–Crippen LogP) is 3.38. The minimum Gasteiger partial charge on any atom is -0.506 e. The predicted molar refractivity (Wildman–Crippen MR) is 91.8 cm³/mol. The van der Waals surface area contributed by atoms with Gasteiger partial charge in [-0.3, -0.25) is 0 Å². The Morgan fingerprint density at radius 1 is 0.818 bits per heavy atom. The molecule has 0 saturated carbocycles. The maximum Gasteiger partial charge on any atom is 0.138 e. The van der Waals surface area contributed by atoms with Crippen LogP contribution >= 0.6 is 0 Å². The molecule has 2 aromatic rings. The Balaban J connectivity index is 0.000000306. The zero-order chi connectivity index (χ0) is 16.8. The third-order valence-corrected chi connectivity index (χ3v) is 2.43. The van der Waals surface area contributed by atoms with E-state index < -0.39 is 0 Å². The average Bonchev–Trinajstić information content (AvgIpc) is 2.52. The molecule has 2 aromatic carbocycles. The minimum absolute atomic E-state index is 0.146. The van der Waals surface area contributed by atoms with Crippen LogP contribution in [0.15, 0.2) is 48.5 Å². The van der Waals surface area contributed by atoms with Gasteiger partial charge in [-0.2, -0.15) is 0 Å². The van der Waals surface area contributed by atoms with Crippen molar-refractivity contribution in [2.24, 2.45) is 0 Å². The van der Waals surface area contributed by atoms with Crippen molar-refractivity contribution in [2.75, 3.05) is 24.7 Å². The van der Waals surface area contributed by atoms with Gasteiger partial charge < -0.3 is 26.4 Å². The number of nitrogens with two attached hydrogens (primary N) is 2. The van der Waals surface area contributed by atoms with Gasteiger partial charge in [-0.05, 0) is 37.6 Å². The lowest BCUT2D eigenvalue weighted by Crippen LogP contribution is -1.88. The lowest BCUT2D eigenvalue weighted by atomic mass is 10.3. The van der Waals surface area contributed by atoms with Crippen molar-refractivity contribution in [1.29, 1.82) is 0 Å². The van der Waals surface area contributed by atoms with Crippen LogP contribution in [0.25, 0.3) is 0 Å². The lowest BCUT2D eigenvalue weighted by molar-refractivity contribution is 0.148. The van der Waals surface area contributed by atoms with E-state index in [4.69, 9.17) is 26.4 Å². The van der Waals surface area contributed by atoms with Gasteiger partial charge in [-0.15, -0.1) is 0 Å². The van der Waals surface area contributed by atoms with Crippen LogP contribution in [0.4, 0.5) is 11.4 Å². The highest BCUT2D eigenvalue weighted by Crippen LogP contribution is 2.16. The Hall–Kier alpha value is -2.40. The summed E-state index contributed by atoms with van der Waals surface area (Å²) < 4.78 is 4.98. The maximum absolute atomic E-state index is 8.79. The highest BCUT2D eigenvalue weighted by atomic mass is 16.5. The molecule has 0 saturated heterocycles. The fraction of sp³-hybridized carbons (Fsp3) is 0.294. The van der Waals surface area contributed by atoms with Gasteiger partial charge in [0.2, 0.25) is 0 Å². The standard InChI is InChI=1S/2C6H7NO.C5H12O/c2*7-5-3-1-2-4-6(5)8;1-3-5-6-4-2/h2*1-4,8H,7H2;3-5H2,1-2H3. The van der Waals surface area contributed by atoms with Crippen molar-refractivity contribution in [3.8, 4) is 11.5 Å². The number of hydrogen-bond acceptors (Lipinski definition) is 5. The van der Waals surface area contributed by atoms with Crippen LogP contribution < -0.4 is 11.5 Å². The fourth-order valence-electron chi connectivity index (χ4n) is 1.26. The van der Waals surface area contributed by atoms with Gasteiger partial charge in [0.1, 0.15) is 11.5 Å². The van der Waals surface area contributed by atoms with E-state index in [-0.39, 0.29) is 11.5 Å². The number of phenolic OH excluding ortho intramolecular Hbond substituents is 2. The summed E-state index contributed by atoms with van der Waals surface area (Å²) in [5.41, 5.74) is 11.4. The second kappa shape index (κ2) is 12.3. The molecule has 0 aliphatic carbocycles. The number of ether oxygens (including phenoxy) is 1. The molecule has 0 heterocycles. The number of hydrogen-bond donors (Lipinski definition) is 4. The van der Waals surface area contributed by atoms with Crippen LogP contribution in [0.3, 0.4) is 0 Å². The molecule has 5 nitrogen and oxygen atoms in total. The molecule has 0 atom stereocenters. The molecule has 0 amide bonds. The van der Waals surface area contributed by atoms with Crippen molar-refractivity contribution in [1.82, 2.24) is 0 Å². The van der Waals surface area contributed by atoms with Crippen LogP contribution in [-0.4, -0.2) is 23.4 Å². The minimum atomic E-state index is 0.146. The average molecular weight is 306 g/mol. The topological polar surface area (TPSA) is 102 Å². The molecule has 5 heteroatoms. The Bertz CT molecular complexity index is 429. The molecule has 0 aromatic heterocycles. The number of nitrogen functional groups attached to an aromatic ring is 2. The van der Waals surface area contributed by atoms with E-state index in [1.165, 1.54) is 0 Å². The first-order valence-electron chi connectivity index (χ1n) is 7.17. The summed E-state index contributed by atoms with van der Waals surface area (Å²) in [6, 6.07) is 13.4. The number of para-hydroxylation sites is 4. The SMILES string of the molecule is CCCOCC.Nc1ccccc1O.Nc1ccccc1O. The molecule has 0 aliphatic heterocycles. The summed E-state index contributed by atoms with van der Waals surface area (Å²) in [4.78, 5) is 0. The van der Waals surface area contributed by atoms with Crippen molar-refractivity contribution < 1.29 is 14.9 Å². The molecule has 0 unspecified atom stereocenters. The first kappa shape index (κ1) is 19.6. The highest BCUT2D eigenvalue weighted by molar-refractivity contribution is 5.51. The van der Waals surface area contributed by atoms with E-state index >= 15 is 0 Å². The van der Waals surface area contributed by atoms with E-state index in [9.17, 15) is 0 Å². The van der Waals surface area contributed by atoms with Gasteiger partial charge in [-0.1, -0.05) is 31.2 Å². The summed E-state index contributed by atoms with van der Waals surface area (Å²) in [6.07, 6.45) is 1.13. The highest BCUT2D eigenvalue weighted by Gasteiger charge is 1.88. The summed E-state index contributed by atoms with van der Waals surface area (Å²) in [7, 11) is 0. The molecule has 22 heavy (non-hydrogen) atoms. The maximum atomic E-state index is 8.79. The molecule has 0 fully saturated rings. The van der Waals surface area contributed by atoms with Crippen molar-refractivity contribution in [3.05, 3.63) is 48.5 Å². The molecule has 0 spiro atoms. The molecule has 2 rings (SSSR count). The lowest BCUT2D eigenvalue weighted by Gasteiger charge is -1.92. The molecule has 6 N–H and O–H groups in total. The first-order valence-corrected chi connectivity index (χ1v) is 7.17. The second-order valence-corrected chi connectivity index (χ2v) is 4.31. The molecular weight excluding hydrogens is 280 g/mol. The number of anilines is 2. The van der Waals surface area contributed by atoms with Gasteiger partial charge in [0.25, 0.3) is 0 Å². The van der Waals surface area contributed by atoms with E-state index in [0.717, 1.165) is 19.6 Å². The van der Waals surface area contributed by atoms with Crippen LogP contribution in [0.2, 0.25) is 0 Å². The Kier molecular flexibility index (Phi) is 11.0. The summed E-state index contributed by atoms with van der Waals surface area (Å²) >= 11 is 0. The molecule has 0 bridgehead atoms. The van der Waals surface area contributed by atoms with Crippen molar-refractivity contribution >= 4 is 11.4 Å². The van der Waals surface area contributed by atoms with Crippen molar-refractivity contribution in [3.63, 3.8) is 0 Å². The van der Waals surface area contributed by atoms with Crippen molar-refractivity contribution in [2.45, 2.75) is 20.3 Å². The van der Waals surface area contributed by atoms with E-state index in [1.54, 1.807) is 48.5 Å². The smallest absolute Gasteiger partial charge is 0.138 e. The monoisotopic (exact) mass is 306 g/mol. The largest absolute Gasteiger partial charge is 0.506 e. The molecule has 122 valence electrons.